The van der Waals surface area contributed by atoms with E-state index in [2.05, 4.69) is 5.32 Å². The first kappa shape index (κ1) is 16.6. The highest BCUT2D eigenvalue weighted by Gasteiger charge is 2.42. The summed E-state index contributed by atoms with van der Waals surface area (Å²) in [5, 5.41) is 3.76. The SMILES string of the molecule is O=S(=O)(c1cc(Cl)ccc1OCC1CCC1)N1C[C@H]2CNC[C@H]2C1. The molecule has 4 rings (SSSR count). The maximum atomic E-state index is 13.1. The van der Waals surface area contributed by atoms with Gasteiger partial charge in [-0.05, 0) is 61.9 Å². The summed E-state index contributed by atoms with van der Waals surface area (Å²) in [6, 6.07) is 4.91. The van der Waals surface area contributed by atoms with Crippen LogP contribution in [0.2, 0.25) is 5.02 Å². The molecule has 7 heteroatoms. The lowest BCUT2D eigenvalue weighted by atomic mass is 9.86. The number of sulfonamides is 1. The summed E-state index contributed by atoms with van der Waals surface area (Å²) in [4.78, 5) is 0.210. The average molecular weight is 371 g/mol. The van der Waals surface area contributed by atoms with Crippen molar-refractivity contribution in [3.8, 4) is 5.75 Å². The van der Waals surface area contributed by atoms with Gasteiger partial charge in [0.05, 0.1) is 6.61 Å². The minimum atomic E-state index is -3.57. The molecule has 3 fully saturated rings. The standard InChI is InChI=1S/C17H23ClN2O3S/c18-15-4-5-16(23-11-12-2-1-3-12)17(6-15)24(21,22)20-9-13-7-19-8-14(13)10-20/h4-6,12-14,19H,1-3,7-11H2/t13-,14+. The van der Waals surface area contributed by atoms with Crippen molar-refractivity contribution in [1.82, 2.24) is 9.62 Å². The van der Waals surface area contributed by atoms with Gasteiger partial charge >= 0.3 is 0 Å². The minimum Gasteiger partial charge on any atom is -0.492 e. The van der Waals surface area contributed by atoms with Gasteiger partial charge < -0.3 is 10.1 Å². The van der Waals surface area contributed by atoms with Crippen molar-refractivity contribution in [3.63, 3.8) is 0 Å². The predicted octanol–water partition coefficient (Wildman–Crippen LogP) is 2.36. The zero-order chi connectivity index (χ0) is 16.7. The molecule has 0 aromatic heterocycles. The number of fused-ring (bicyclic) bond motifs is 1. The molecule has 0 unspecified atom stereocenters. The van der Waals surface area contributed by atoms with E-state index in [4.69, 9.17) is 16.3 Å². The van der Waals surface area contributed by atoms with E-state index in [1.807, 2.05) is 0 Å². The number of nitrogens with one attached hydrogen (secondary N) is 1. The third-order valence-corrected chi connectivity index (χ3v) is 7.67. The molecule has 1 aromatic rings. The van der Waals surface area contributed by atoms with Gasteiger partial charge in [-0.25, -0.2) is 8.42 Å². The topological polar surface area (TPSA) is 58.6 Å². The van der Waals surface area contributed by atoms with Crippen LogP contribution in [0.5, 0.6) is 5.75 Å². The fraction of sp³-hybridized carbons (Fsp3) is 0.647. The van der Waals surface area contributed by atoms with Crippen LogP contribution in [-0.4, -0.2) is 45.5 Å². The third kappa shape index (κ3) is 3.05. The second-order valence-corrected chi connectivity index (χ2v) is 9.54. The average Bonchev–Trinajstić information content (AvgIpc) is 3.08. The number of nitrogens with zero attached hydrogens (tertiary/aromatic N) is 1. The normalized spacial score (nSPS) is 27.9. The molecule has 2 saturated heterocycles. The van der Waals surface area contributed by atoms with Gasteiger partial charge in [-0.3, -0.25) is 0 Å². The molecule has 0 spiro atoms. The van der Waals surface area contributed by atoms with Crippen LogP contribution < -0.4 is 10.1 Å². The molecule has 0 amide bonds. The van der Waals surface area contributed by atoms with Crippen molar-refractivity contribution in [2.45, 2.75) is 24.2 Å². The second-order valence-electron chi connectivity index (χ2n) is 7.20. The molecule has 24 heavy (non-hydrogen) atoms. The van der Waals surface area contributed by atoms with Crippen LogP contribution in [0.25, 0.3) is 0 Å². The van der Waals surface area contributed by atoms with Crippen LogP contribution in [0.1, 0.15) is 19.3 Å². The molecule has 0 radical (unpaired) electrons. The highest BCUT2D eigenvalue weighted by Crippen LogP contribution is 2.36. The van der Waals surface area contributed by atoms with E-state index in [1.165, 1.54) is 12.5 Å². The second kappa shape index (κ2) is 6.48. The third-order valence-electron chi connectivity index (χ3n) is 5.58. The number of halogens is 1. The predicted molar refractivity (Wildman–Crippen MR) is 92.9 cm³/mol. The Balaban J connectivity index is 1.57. The minimum absolute atomic E-state index is 0.210. The number of ether oxygens (including phenoxy) is 1. The maximum Gasteiger partial charge on any atom is 0.246 e. The first-order valence-corrected chi connectivity index (χ1v) is 10.5. The van der Waals surface area contributed by atoms with Crippen LogP contribution in [-0.2, 0) is 10.0 Å². The lowest BCUT2D eigenvalue weighted by Gasteiger charge is -2.26. The lowest BCUT2D eigenvalue weighted by Crippen LogP contribution is -2.32. The van der Waals surface area contributed by atoms with E-state index >= 15 is 0 Å². The molecule has 0 bridgehead atoms. The Labute approximate surface area is 148 Å². The summed E-state index contributed by atoms with van der Waals surface area (Å²) in [5.74, 6) is 1.81. The van der Waals surface area contributed by atoms with Gasteiger partial charge in [0.25, 0.3) is 0 Å². The van der Waals surface area contributed by atoms with E-state index in [9.17, 15) is 8.42 Å². The summed E-state index contributed by atoms with van der Waals surface area (Å²) in [6.07, 6.45) is 3.57. The van der Waals surface area contributed by atoms with Gasteiger partial charge in [-0.2, -0.15) is 4.31 Å². The van der Waals surface area contributed by atoms with Gasteiger partial charge in [-0.15, -0.1) is 0 Å². The molecule has 5 nitrogen and oxygen atoms in total. The number of benzene rings is 1. The van der Waals surface area contributed by atoms with Gasteiger partial charge in [0, 0.05) is 18.1 Å². The van der Waals surface area contributed by atoms with E-state index in [-0.39, 0.29) is 4.90 Å². The van der Waals surface area contributed by atoms with Crippen molar-refractivity contribution >= 4 is 21.6 Å². The van der Waals surface area contributed by atoms with E-state index in [1.54, 1.807) is 16.4 Å². The Kier molecular flexibility index (Phi) is 4.49. The Morgan fingerprint density at radius 1 is 1.21 bits per heavy atom. The van der Waals surface area contributed by atoms with Crippen LogP contribution in [0, 0.1) is 17.8 Å². The lowest BCUT2D eigenvalue weighted by molar-refractivity contribution is 0.177. The van der Waals surface area contributed by atoms with Crippen LogP contribution >= 0.6 is 11.6 Å². The molecule has 1 aliphatic carbocycles. The fourth-order valence-corrected chi connectivity index (χ4v) is 5.77. The summed E-state index contributed by atoms with van der Waals surface area (Å²) in [6.45, 7) is 3.54. The quantitative estimate of drug-likeness (QED) is 0.864. The zero-order valence-corrected chi connectivity index (χ0v) is 15.2. The smallest absolute Gasteiger partial charge is 0.246 e. The van der Waals surface area contributed by atoms with Crippen molar-refractivity contribution in [2.75, 3.05) is 32.8 Å². The van der Waals surface area contributed by atoms with Gasteiger partial charge in [0.1, 0.15) is 10.6 Å². The number of hydrogen-bond donors (Lipinski definition) is 1. The molecule has 1 N–H and O–H groups in total. The fourth-order valence-electron chi connectivity index (χ4n) is 3.82. The molecule has 1 aromatic carbocycles. The molecule has 132 valence electrons. The molecule has 2 aliphatic heterocycles. The first-order valence-electron chi connectivity index (χ1n) is 8.67. The Morgan fingerprint density at radius 3 is 2.54 bits per heavy atom. The van der Waals surface area contributed by atoms with Gasteiger partial charge in [-0.1, -0.05) is 18.0 Å². The van der Waals surface area contributed by atoms with Crippen molar-refractivity contribution in [2.24, 2.45) is 17.8 Å². The van der Waals surface area contributed by atoms with Crippen molar-refractivity contribution in [1.29, 1.82) is 0 Å². The summed E-state index contributed by atoms with van der Waals surface area (Å²) < 4.78 is 33.7. The van der Waals surface area contributed by atoms with E-state index in [0.29, 0.717) is 48.2 Å². The molecule has 3 aliphatic rings. The molecular weight excluding hydrogens is 348 g/mol. The largest absolute Gasteiger partial charge is 0.492 e. The summed E-state index contributed by atoms with van der Waals surface area (Å²) >= 11 is 6.08. The monoisotopic (exact) mass is 370 g/mol. The van der Waals surface area contributed by atoms with E-state index in [0.717, 1.165) is 25.9 Å². The highest BCUT2D eigenvalue weighted by molar-refractivity contribution is 7.89. The van der Waals surface area contributed by atoms with Crippen molar-refractivity contribution in [3.05, 3.63) is 23.2 Å². The Morgan fingerprint density at radius 2 is 1.92 bits per heavy atom. The molecule has 2 atom stereocenters. The summed E-state index contributed by atoms with van der Waals surface area (Å²) in [5.41, 5.74) is 0. The zero-order valence-electron chi connectivity index (χ0n) is 13.6. The Bertz CT molecular complexity index is 709. The number of hydrogen-bond acceptors (Lipinski definition) is 4. The van der Waals surface area contributed by atoms with Crippen LogP contribution in [0.15, 0.2) is 23.1 Å². The van der Waals surface area contributed by atoms with Crippen LogP contribution in [0.3, 0.4) is 0 Å². The van der Waals surface area contributed by atoms with Crippen LogP contribution in [0.4, 0.5) is 0 Å². The first-order chi connectivity index (χ1) is 11.5. The maximum absolute atomic E-state index is 13.1. The van der Waals surface area contributed by atoms with Crippen molar-refractivity contribution < 1.29 is 13.2 Å². The molecular formula is C17H23ClN2O3S. The van der Waals surface area contributed by atoms with E-state index < -0.39 is 10.0 Å². The highest BCUT2D eigenvalue weighted by atomic mass is 35.5. The van der Waals surface area contributed by atoms with Gasteiger partial charge in [0.2, 0.25) is 10.0 Å². The molecule has 1 saturated carbocycles. The number of rotatable bonds is 5. The molecule has 2 heterocycles. The summed E-state index contributed by atoms with van der Waals surface area (Å²) in [7, 11) is -3.57. The Hall–Kier alpha value is -0.820. The van der Waals surface area contributed by atoms with Gasteiger partial charge in [0.15, 0.2) is 0 Å².